The molecule has 1 unspecified atom stereocenters. The van der Waals surface area contributed by atoms with Crippen LogP contribution in [0.15, 0.2) is 29.3 Å². The van der Waals surface area contributed by atoms with Gasteiger partial charge in [-0.3, -0.25) is 14.7 Å². The Morgan fingerprint density at radius 2 is 2.10 bits per heavy atom. The Bertz CT molecular complexity index is 738. The van der Waals surface area contributed by atoms with Gasteiger partial charge in [-0.1, -0.05) is 23.7 Å². The number of benzene rings is 1. The molecule has 8 heteroatoms. The molecule has 6 nitrogen and oxygen atoms in total. The minimum Gasteiger partial charge on any atom is -0.356 e. The number of nitrogens with zero attached hydrogens (tertiary/aromatic N) is 3. The molecule has 0 bridgehead atoms. The summed E-state index contributed by atoms with van der Waals surface area (Å²) in [7, 11) is 5.48. The van der Waals surface area contributed by atoms with E-state index in [2.05, 4.69) is 32.7 Å². The zero-order chi connectivity index (χ0) is 20.9. The molecule has 1 saturated carbocycles. The number of hydrogen-bond acceptors (Lipinski definition) is 3. The lowest BCUT2D eigenvalue weighted by molar-refractivity contribution is -0.133. The average molecular weight is 548 g/mol. The number of nitrogens with one attached hydrogen (secondary N) is 2. The first-order chi connectivity index (χ1) is 13.9. The second-order valence-corrected chi connectivity index (χ2v) is 8.86. The summed E-state index contributed by atoms with van der Waals surface area (Å²) in [5.74, 6) is 1.06. The number of rotatable bonds is 8. The van der Waals surface area contributed by atoms with E-state index in [1.165, 1.54) is 18.4 Å². The van der Waals surface area contributed by atoms with Crippen LogP contribution in [0.1, 0.15) is 37.7 Å². The fraction of sp³-hybridized carbons (Fsp3) is 0.636. The van der Waals surface area contributed by atoms with Crippen LogP contribution in [-0.2, 0) is 10.2 Å². The Kier molecular flexibility index (Phi) is 9.68. The number of likely N-dealkylation sites (N-methyl/N-ethyl adjacent to an activating group) is 1. The molecular weight excluding hydrogens is 513 g/mol. The number of likely N-dealkylation sites (tertiary alicyclic amines) is 1. The molecule has 2 aliphatic rings. The molecule has 1 aliphatic carbocycles. The van der Waals surface area contributed by atoms with Crippen molar-refractivity contribution in [3.05, 3.63) is 34.9 Å². The largest absolute Gasteiger partial charge is 0.356 e. The molecule has 168 valence electrons. The summed E-state index contributed by atoms with van der Waals surface area (Å²) >= 11 is 6.17. The molecule has 0 radical (unpaired) electrons. The molecule has 2 fully saturated rings. The summed E-state index contributed by atoms with van der Waals surface area (Å²) in [6.07, 6.45) is 5.41. The highest BCUT2D eigenvalue weighted by Gasteiger charge is 2.44. The average Bonchev–Trinajstić information content (AvgIpc) is 3.36. The molecule has 1 atom stereocenters. The number of halogens is 2. The Morgan fingerprint density at radius 1 is 1.33 bits per heavy atom. The molecule has 0 spiro atoms. The third-order valence-electron chi connectivity index (χ3n) is 6.11. The first kappa shape index (κ1) is 25.2. The smallest absolute Gasteiger partial charge is 0.239 e. The van der Waals surface area contributed by atoms with Crippen molar-refractivity contribution >= 4 is 47.4 Å². The fourth-order valence-electron chi connectivity index (χ4n) is 4.17. The zero-order valence-corrected chi connectivity index (χ0v) is 21.4. The number of carbonyl (C=O) groups excluding carboxylic acids is 1. The molecule has 1 aromatic carbocycles. The van der Waals surface area contributed by atoms with Crippen LogP contribution in [0.25, 0.3) is 0 Å². The summed E-state index contributed by atoms with van der Waals surface area (Å²) in [4.78, 5) is 20.7. The van der Waals surface area contributed by atoms with E-state index >= 15 is 0 Å². The van der Waals surface area contributed by atoms with E-state index in [1.807, 2.05) is 26.2 Å². The van der Waals surface area contributed by atoms with Crippen LogP contribution < -0.4 is 10.6 Å². The van der Waals surface area contributed by atoms with E-state index in [-0.39, 0.29) is 41.3 Å². The first-order valence-electron chi connectivity index (χ1n) is 10.6. The van der Waals surface area contributed by atoms with Crippen LogP contribution in [0.5, 0.6) is 0 Å². The second kappa shape index (κ2) is 11.5. The fourth-order valence-corrected chi connectivity index (χ4v) is 4.36. The number of aliphatic imine (C=N–C) groups is 1. The molecule has 1 saturated heterocycles. The molecule has 0 aromatic heterocycles. The van der Waals surface area contributed by atoms with Crippen LogP contribution in [0.3, 0.4) is 0 Å². The van der Waals surface area contributed by atoms with Gasteiger partial charge < -0.3 is 15.5 Å². The minimum atomic E-state index is 0. The summed E-state index contributed by atoms with van der Waals surface area (Å²) in [6.45, 7) is 3.64. The maximum Gasteiger partial charge on any atom is 0.239 e. The maximum atomic E-state index is 12.3. The molecule has 1 aliphatic heterocycles. The summed E-state index contributed by atoms with van der Waals surface area (Å²) in [5.41, 5.74) is 1.48. The van der Waals surface area contributed by atoms with Crippen molar-refractivity contribution in [2.24, 2.45) is 4.99 Å². The van der Waals surface area contributed by atoms with Gasteiger partial charge in [-0.05, 0) is 56.3 Å². The second-order valence-electron chi connectivity index (χ2n) is 8.42. The van der Waals surface area contributed by atoms with Crippen LogP contribution in [0.2, 0.25) is 5.02 Å². The van der Waals surface area contributed by atoms with Gasteiger partial charge in [-0.2, -0.15) is 0 Å². The van der Waals surface area contributed by atoms with Gasteiger partial charge in [0.15, 0.2) is 5.96 Å². The third kappa shape index (κ3) is 6.47. The van der Waals surface area contributed by atoms with Gasteiger partial charge in [0.1, 0.15) is 0 Å². The lowest BCUT2D eigenvalue weighted by Gasteiger charge is -2.26. The van der Waals surface area contributed by atoms with Gasteiger partial charge in [0.2, 0.25) is 5.91 Å². The van der Waals surface area contributed by atoms with Crippen molar-refractivity contribution in [1.29, 1.82) is 0 Å². The lowest BCUT2D eigenvalue weighted by Crippen LogP contribution is -2.44. The van der Waals surface area contributed by atoms with Crippen molar-refractivity contribution in [2.75, 3.05) is 47.3 Å². The Morgan fingerprint density at radius 3 is 2.73 bits per heavy atom. The number of carbonyl (C=O) groups is 1. The van der Waals surface area contributed by atoms with E-state index in [0.717, 1.165) is 56.4 Å². The van der Waals surface area contributed by atoms with Gasteiger partial charge >= 0.3 is 0 Å². The van der Waals surface area contributed by atoms with Crippen molar-refractivity contribution < 1.29 is 4.79 Å². The Hall–Kier alpha value is -1.06. The normalized spacial score (nSPS) is 20.4. The topological polar surface area (TPSA) is 60.0 Å². The minimum absolute atomic E-state index is 0. The first-order valence-corrected chi connectivity index (χ1v) is 11.0. The van der Waals surface area contributed by atoms with Gasteiger partial charge in [0, 0.05) is 51.2 Å². The van der Waals surface area contributed by atoms with Crippen LogP contribution in [-0.4, -0.2) is 75.0 Å². The van der Waals surface area contributed by atoms with Crippen molar-refractivity contribution in [3.8, 4) is 0 Å². The number of amides is 1. The number of guanidine groups is 1. The van der Waals surface area contributed by atoms with Gasteiger partial charge in [0.25, 0.3) is 0 Å². The molecule has 1 amide bonds. The predicted octanol–water partition coefficient (Wildman–Crippen LogP) is 3.10. The Balaban J connectivity index is 0.00000320. The van der Waals surface area contributed by atoms with Crippen molar-refractivity contribution in [1.82, 2.24) is 20.4 Å². The molecular formula is C22H35ClIN5O. The van der Waals surface area contributed by atoms with E-state index in [1.54, 1.807) is 11.9 Å². The molecule has 1 aromatic rings. The summed E-state index contributed by atoms with van der Waals surface area (Å²) in [6, 6.07) is 8.24. The van der Waals surface area contributed by atoms with E-state index in [9.17, 15) is 4.79 Å². The standard InChI is InChI=1S/C22H34ClN5O.HI/c1-24-21(26-16-22(10-11-22)17-7-4-8-18(23)15-17)25-12-6-14-28-13-5-9-19(28)20(29)27(2)3;/h4,7-8,15,19H,5-6,9-14,16H2,1-3H3,(H2,24,25,26);1H. The lowest BCUT2D eigenvalue weighted by atomic mass is 9.96. The molecule has 2 N–H and O–H groups in total. The number of hydrogen-bond donors (Lipinski definition) is 2. The highest BCUT2D eigenvalue weighted by atomic mass is 127. The highest BCUT2D eigenvalue weighted by molar-refractivity contribution is 14.0. The summed E-state index contributed by atoms with van der Waals surface area (Å²) in [5, 5.41) is 7.69. The summed E-state index contributed by atoms with van der Waals surface area (Å²) < 4.78 is 0. The van der Waals surface area contributed by atoms with Gasteiger partial charge in [0.05, 0.1) is 6.04 Å². The van der Waals surface area contributed by atoms with Crippen molar-refractivity contribution in [3.63, 3.8) is 0 Å². The van der Waals surface area contributed by atoms with Crippen LogP contribution in [0, 0.1) is 0 Å². The van der Waals surface area contributed by atoms with Crippen molar-refractivity contribution in [2.45, 2.75) is 43.6 Å². The molecule has 30 heavy (non-hydrogen) atoms. The SMILES string of the molecule is CN=C(NCCCN1CCCC1C(=O)N(C)C)NCC1(c2cccc(Cl)c2)CC1.I. The maximum absolute atomic E-state index is 12.3. The molecule has 1 heterocycles. The zero-order valence-electron chi connectivity index (χ0n) is 18.3. The quantitative estimate of drug-likeness (QED) is 0.227. The highest BCUT2D eigenvalue weighted by Crippen LogP contribution is 2.48. The molecule has 3 rings (SSSR count). The van der Waals surface area contributed by atoms with Gasteiger partial charge in [-0.25, -0.2) is 0 Å². The van der Waals surface area contributed by atoms with E-state index in [4.69, 9.17) is 11.6 Å². The third-order valence-corrected chi connectivity index (χ3v) is 6.35. The van der Waals surface area contributed by atoms with E-state index < -0.39 is 0 Å². The van der Waals surface area contributed by atoms with Crippen LogP contribution >= 0.6 is 35.6 Å². The Labute approximate surface area is 202 Å². The van der Waals surface area contributed by atoms with E-state index in [0.29, 0.717) is 0 Å². The predicted molar refractivity (Wildman–Crippen MR) is 135 cm³/mol. The van der Waals surface area contributed by atoms with Gasteiger partial charge in [-0.15, -0.1) is 24.0 Å². The monoisotopic (exact) mass is 547 g/mol. The van der Waals surface area contributed by atoms with Crippen LogP contribution in [0.4, 0.5) is 0 Å².